The average molecular weight is 276 g/mol. The minimum atomic E-state index is -0.445. The second kappa shape index (κ2) is 3.55. The van der Waals surface area contributed by atoms with E-state index < -0.39 is 5.60 Å². The number of ether oxygens (including phenoxy) is 1. The first-order valence-electron chi connectivity index (χ1n) is 4.25. The van der Waals surface area contributed by atoms with E-state index in [0.717, 1.165) is 22.9 Å². The molecule has 1 aliphatic rings. The average Bonchev–Trinajstić information content (AvgIpc) is 2.86. The first-order valence-corrected chi connectivity index (χ1v) is 5.42. The van der Waals surface area contributed by atoms with Crippen molar-refractivity contribution < 1.29 is 9.53 Å². The van der Waals surface area contributed by atoms with Gasteiger partial charge >= 0.3 is 0 Å². The molecule has 1 saturated carbocycles. The Kier molecular flexibility index (Phi) is 2.54. The topological polar surface area (TPSA) is 26.3 Å². The van der Waals surface area contributed by atoms with Crippen LogP contribution in [0.5, 0.6) is 0 Å². The van der Waals surface area contributed by atoms with Crippen LogP contribution in [-0.4, -0.2) is 6.47 Å². The number of carbonyl (C=O) groups is 1. The number of rotatable bonds is 3. The van der Waals surface area contributed by atoms with Crippen LogP contribution in [0.3, 0.4) is 0 Å². The quantitative estimate of drug-likeness (QED) is 0.792. The van der Waals surface area contributed by atoms with E-state index in [2.05, 4.69) is 15.9 Å². The predicted molar refractivity (Wildman–Crippen MR) is 57.2 cm³/mol. The van der Waals surface area contributed by atoms with E-state index in [0.29, 0.717) is 11.5 Å². The number of benzene rings is 1. The zero-order valence-electron chi connectivity index (χ0n) is 7.30. The molecule has 0 amide bonds. The van der Waals surface area contributed by atoms with Crippen molar-refractivity contribution in [3.05, 3.63) is 33.3 Å². The van der Waals surface area contributed by atoms with E-state index in [1.54, 1.807) is 0 Å². The van der Waals surface area contributed by atoms with Crippen molar-refractivity contribution >= 4 is 34.0 Å². The fraction of sp³-hybridized carbons (Fsp3) is 0.300. The fourth-order valence-corrected chi connectivity index (χ4v) is 2.36. The van der Waals surface area contributed by atoms with Gasteiger partial charge in [-0.3, -0.25) is 4.79 Å². The number of hydrogen-bond acceptors (Lipinski definition) is 2. The van der Waals surface area contributed by atoms with Crippen LogP contribution in [0.25, 0.3) is 0 Å². The Hall–Kier alpha value is -0.540. The van der Waals surface area contributed by atoms with Gasteiger partial charge in [-0.15, -0.1) is 0 Å². The molecule has 0 spiro atoms. The largest absolute Gasteiger partial charge is 0.456 e. The molecule has 0 aliphatic heterocycles. The summed E-state index contributed by atoms with van der Waals surface area (Å²) in [6, 6.07) is 5.60. The molecule has 1 aliphatic carbocycles. The molecule has 2 nitrogen and oxygen atoms in total. The second-order valence-corrected chi connectivity index (χ2v) is 4.66. The van der Waals surface area contributed by atoms with E-state index in [1.807, 2.05) is 18.2 Å². The summed E-state index contributed by atoms with van der Waals surface area (Å²) in [5.74, 6) is 0. The number of halogens is 2. The molecule has 1 aromatic rings. The van der Waals surface area contributed by atoms with Crippen LogP contribution in [0.4, 0.5) is 0 Å². The summed E-state index contributed by atoms with van der Waals surface area (Å²) in [5, 5.41) is 0.638. The van der Waals surface area contributed by atoms with Crippen molar-refractivity contribution in [3.8, 4) is 0 Å². The lowest BCUT2D eigenvalue weighted by Gasteiger charge is -2.15. The van der Waals surface area contributed by atoms with Crippen LogP contribution < -0.4 is 0 Å². The van der Waals surface area contributed by atoms with Crippen LogP contribution in [0.2, 0.25) is 5.02 Å². The van der Waals surface area contributed by atoms with Gasteiger partial charge in [0.25, 0.3) is 6.47 Å². The van der Waals surface area contributed by atoms with E-state index in [9.17, 15) is 4.79 Å². The minimum Gasteiger partial charge on any atom is -0.456 e. The molecule has 0 saturated heterocycles. The molecule has 0 bridgehead atoms. The Morgan fingerprint density at radius 3 is 2.71 bits per heavy atom. The zero-order valence-corrected chi connectivity index (χ0v) is 9.64. The van der Waals surface area contributed by atoms with Gasteiger partial charge in [0.15, 0.2) is 0 Å². The molecule has 0 N–H and O–H groups in total. The first kappa shape index (κ1) is 9.99. The molecule has 1 aromatic carbocycles. The Balaban J connectivity index is 2.36. The highest BCUT2D eigenvalue weighted by atomic mass is 79.9. The number of hydrogen-bond donors (Lipinski definition) is 0. The Bertz CT molecular complexity index is 374. The highest BCUT2D eigenvalue weighted by Gasteiger charge is 2.48. The lowest BCUT2D eigenvalue weighted by atomic mass is 10.1. The predicted octanol–water partition coefficient (Wildman–Crippen LogP) is 3.26. The fourth-order valence-electron chi connectivity index (χ4n) is 1.52. The third-order valence-corrected chi connectivity index (χ3v) is 3.21. The number of carbonyl (C=O) groups excluding carboxylic acids is 1. The normalized spacial score (nSPS) is 17.6. The summed E-state index contributed by atoms with van der Waals surface area (Å²) in [6.45, 7) is 0.491. The summed E-state index contributed by atoms with van der Waals surface area (Å²) in [4.78, 5) is 10.3. The maximum absolute atomic E-state index is 10.3. The second-order valence-electron chi connectivity index (χ2n) is 3.33. The summed E-state index contributed by atoms with van der Waals surface area (Å²) in [5.41, 5.74) is 0.453. The van der Waals surface area contributed by atoms with Crippen LogP contribution >= 0.6 is 27.5 Å². The maximum Gasteiger partial charge on any atom is 0.293 e. The molecule has 0 atom stereocenters. The van der Waals surface area contributed by atoms with Gasteiger partial charge in [0.2, 0.25) is 0 Å². The van der Waals surface area contributed by atoms with E-state index >= 15 is 0 Å². The van der Waals surface area contributed by atoms with Gasteiger partial charge in [-0.05, 0) is 25.0 Å². The van der Waals surface area contributed by atoms with Crippen LogP contribution in [0.1, 0.15) is 18.4 Å². The smallest absolute Gasteiger partial charge is 0.293 e. The SMILES string of the molecule is O=COC1(c2ccc(Br)cc2Cl)CC1. The van der Waals surface area contributed by atoms with Crippen molar-refractivity contribution in [3.63, 3.8) is 0 Å². The monoisotopic (exact) mass is 274 g/mol. The highest BCUT2D eigenvalue weighted by molar-refractivity contribution is 9.10. The van der Waals surface area contributed by atoms with Gasteiger partial charge in [0.1, 0.15) is 5.60 Å². The molecule has 4 heteroatoms. The van der Waals surface area contributed by atoms with Gasteiger partial charge in [-0.1, -0.05) is 33.6 Å². The Morgan fingerprint density at radius 2 is 2.21 bits per heavy atom. The van der Waals surface area contributed by atoms with Crippen LogP contribution in [0.15, 0.2) is 22.7 Å². The van der Waals surface area contributed by atoms with Gasteiger partial charge < -0.3 is 4.74 Å². The molecule has 14 heavy (non-hydrogen) atoms. The van der Waals surface area contributed by atoms with Crippen molar-refractivity contribution in [1.82, 2.24) is 0 Å². The molecule has 0 unspecified atom stereocenters. The Morgan fingerprint density at radius 1 is 1.50 bits per heavy atom. The van der Waals surface area contributed by atoms with Crippen molar-refractivity contribution in [2.45, 2.75) is 18.4 Å². The molecule has 2 rings (SSSR count). The summed E-state index contributed by atoms with van der Waals surface area (Å²) >= 11 is 9.39. The summed E-state index contributed by atoms with van der Waals surface area (Å²) in [6.07, 6.45) is 1.71. The Labute approximate surface area is 95.3 Å². The van der Waals surface area contributed by atoms with Gasteiger partial charge in [0, 0.05) is 15.1 Å². The molecule has 0 radical (unpaired) electrons. The van der Waals surface area contributed by atoms with E-state index in [4.69, 9.17) is 16.3 Å². The maximum atomic E-state index is 10.3. The van der Waals surface area contributed by atoms with E-state index in [-0.39, 0.29) is 0 Å². The van der Waals surface area contributed by atoms with Crippen molar-refractivity contribution in [1.29, 1.82) is 0 Å². The molecular weight excluding hydrogens is 267 g/mol. The third-order valence-electron chi connectivity index (χ3n) is 2.40. The van der Waals surface area contributed by atoms with Gasteiger partial charge in [-0.2, -0.15) is 0 Å². The summed E-state index contributed by atoms with van der Waals surface area (Å²) in [7, 11) is 0. The molecular formula is C10H8BrClO2. The summed E-state index contributed by atoms with van der Waals surface area (Å²) < 4.78 is 5.99. The molecule has 0 heterocycles. The lowest BCUT2D eigenvalue weighted by molar-refractivity contribution is -0.136. The van der Waals surface area contributed by atoms with Gasteiger partial charge in [0.05, 0.1) is 0 Å². The molecule has 1 fully saturated rings. The minimum absolute atomic E-state index is 0.445. The zero-order chi connectivity index (χ0) is 10.2. The standard InChI is InChI=1S/C10H8BrClO2/c11-7-1-2-8(9(12)5-7)10(3-4-10)14-6-13/h1-2,5-6H,3-4H2. The third kappa shape index (κ3) is 1.66. The lowest BCUT2D eigenvalue weighted by Crippen LogP contribution is -2.11. The highest BCUT2D eigenvalue weighted by Crippen LogP contribution is 2.51. The van der Waals surface area contributed by atoms with Crippen molar-refractivity contribution in [2.75, 3.05) is 0 Å². The van der Waals surface area contributed by atoms with E-state index in [1.165, 1.54) is 0 Å². The first-order chi connectivity index (χ1) is 6.68. The van der Waals surface area contributed by atoms with Gasteiger partial charge in [-0.25, -0.2) is 0 Å². The molecule has 0 aromatic heterocycles. The van der Waals surface area contributed by atoms with Crippen molar-refractivity contribution in [2.24, 2.45) is 0 Å². The molecule has 74 valence electrons. The van der Waals surface area contributed by atoms with Crippen LogP contribution in [0, 0.1) is 0 Å². The van der Waals surface area contributed by atoms with Crippen LogP contribution in [-0.2, 0) is 15.1 Å².